The van der Waals surface area contributed by atoms with Gasteiger partial charge in [0.25, 0.3) is 0 Å². The Morgan fingerprint density at radius 1 is 1.19 bits per heavy atom. The van der Waals surface area contributed by atoms with Gasteiger partial charge in [0.2, 0.25) is 0 Å². The molecule has 0 saturated heterocycles. The minimum Gasteiger partial charge on any atom is -0.405 e. The quantitative estimate of drug-likeness (QED) is 0.601. The lowest BCUT2D eigenvalue weighted by molar-refractivity contribution is -0.274. The van der Waals surface area contributed by atoms with Gasteiger partial charge in [-0.05, 0) is 24.8 Å². The lowest BCUT2D eigenvalue weighted by atomic mass is 9.84. The van der Waals surface area contributed by atoms with Crippen LogP contribution in [-0.4, -0.2) is 11.7 Å². The fourth-order valence-electron chi connectivity index (χ4n) is 2.76. The maximum absolute atomic E-state index is 12.4. The molecular weight excluding hydrogens is 345 g/mol. The highest BCUT2D eigenvalue weighted by atomic mass is 79.9. The number of para-hydroxylation sites is 1. The van der Waals surface area contributed by atoms with Gasteiger partial charge in [0.1, 0.15) is 5.75 Å². The van der Waals surface area contributed by atoms with Gasteiger partial charge in [0.05, 0.1) is 0 Å². The fourth-order valence-corrected chi connectivity index (χ4v) is 3.38. The maximum Gasteiger partial charge on any atom is 0.573 e. The van der Waals surface area contributed by atoms with Gasteiger partial charge < -0.3 is 4.74 Å². The van der Waals surface area contributed by atoms with Crippen molar-refractivity contribution in [3.05, 3.63) is 35.4 Å². The van der Waals surface area contributed by atoms with Crippen LogP contribution in [0, 0.1) is 5.92 Å². The molecule has 1 aromatic rings. The first-order chi connectivity index (χ1) is 9.99. The van der Waals surface area contributed by atoms with E-state index >= 15 is 0 Å². The number of hydrogen-bond donors (Lipinski definition) is 0. The van der Waals surface area contributed by atoms with Crippen molar-refractivity contribution >= 4 is 22.0 Å². The summed E-state index contributed by atoms with van der Waals surface area (Å²) in [6.45, 7) is 0. The zero-order chi connectivity index (χ0) is 15.3. The predicted octanol–water partition coefficient (Wildman–Crippen LogP) is 5.94. The molecular formula is C16H18BrF3O. The highest BCUT2D eigenvalue weighted by molar-refractivity contribution is 9.09. The Hall–Kier alpha value is -0.970. The molecule has 1 aliphatic carbocycles. The van der Waals surface area contributed by atoms with Crippen LogP contribution >= 0.6 is 15.9 Å². The van der Waals surface area contributed by atoms with Crippen LogP contribution in [0.25, 0.3) is 6.08 Å². The SMILES string of the molecule is FC(F)(F)Oc1ccccc1/C=C(/CBr)C1CCCCC1. The Morgan fingerprint density at radius 2 is 1.86 bits per heavy atom. The molecule has 1 saturated carbocycles. The summed E-state index contributed by atoms with van der Waals surface area (Å²) in [4.78, 5) is 0. The van der Waals surface area contributed by atoms with Crippen molar-refractivity contribution in [2.24, 2.45) is 5.92 Å². The van der Waals surface area contributed by atoms with Crippen LogP contribution in [-0.2, 0) is 0 Å². The zero-order valence-corrected chi connectivity index (χ0v) is 13.2. The van der Waals surface area contributed by atoms with Crippen molar-refractivity contribution in [2.45, 2.75) is 38.5 Å². The second-order valence-electron chi connectivity index (χ2n) is 5.27. The Morgan fingerprint density at radius 3 is 2.48 bits per heavy atom. The number of hydrogen-bond acceptors (Lipinski definition) is 1. The van der Waals surface area contributed by atoms with E-state index in [-0.39, 0.29) is 5.75 Å². The van der Waals surface area contributed by atoms with E-state index in [1.54, 1.807) is 18.2 Å². The van der Waals surface area contributed by atoms with Gasteiger partial charge in [-0.25, -0.2) is 0 Å². The molecule has 0 N–H and O–H groups in total. The number of benzene rings is 1. The molecule has 0 aromatic heterocycles. The summed E-state index contributed by atoms with van der Waals surface area (Å²) in [5.74, 6) is 0.316. The van der Waals surface area contributed by atoms with Crippen LogP contribution in [0.4, 0.5) is 13.2 Å². The highest BCUT2D eigenvalue weighted by Crippen LogP contribution is 2.34. The van der Waals surface area contributed by atoms with E-state index in [1.807, 2.05) is 6.08 Å². The minimum atomic E-state index is -4.66. The predicted molar refractivity (Wildman–Crippen MR) is 81.5 cm³/mol. The van der Waals surface area contributed by atoms with Gasteiger partial charge >= 0.3 is 6.36 Å². The summed E-state index contributed by atoms with van der Waals surface area (Å²) in [6.07, 6.45) is 3.03. The van der Waals surface area contributed by atoms with Gasteiger partial charge in [0, 0.05) is 10.9 Å². The maximum atomic E-state index is 12.4. The number of alkyl halides is 4. The molecule has 1 fully saturated rings. The molecule has 1 nitrogen and oxygen atoms in total. The highest BCUT2D eigenvalue weighted by Gasteiger charge is 2.31. The van der Waals surface area contributed by atoms with E-state index in [4.69, 9.17) is 0 Å². The van der Waals surface area contributed by atoms with Crippen molar-refractivity contribution in [3.8, 4) is 5.75 Å². The molecule has 0 amide bonds. The monoisotopic (exact) mass is 362 g/mol. The Bertz CT molecular complexity index is 491. The molecule has 0 spiro atoms. The summed E-state index contributed by atoms with van der Waals surface area (Å²) in [7, 11) is 0. The summed E-state index contributed by atoms with van der Waals surface area (Å²) in [6, 6.07) is 6.28. The zero-order valence-electron chi connectivity index (χ0n) is 11.6. The molecule has 2 rings (SSSR count). The van der Waals surface area contributed by atoms with Crippen LogP contribution in [0.3, 0.4) is 0 Å². The van der Waals surface area contributed by atoms with Crippen molar-refractivity contribution in [3.63, 3.8) is 0 Å². The smallest absolute Gasteiger partial charge is 0.405 e. The second kappa shape index (κ2) is 7.34. The lowest BCUT2D eigenvalue weighted by Crippen LogP contribution is -2.17. The third-order valence-electron chi connectivity index (χ3n) is 3.77. The number of halogens is 4. The molecule has 1 aliphatic rings. The summed E-state index contributed by atoms with van der Waals surface area (Å²) in [5, 5.41) is 0.679. The van der Waals surface area contributed by atoms with Gasteiger partial charge in [-0.1, -0.05) is 65.0 Å². The van der Waals surface area contributed by atoms with Gasteiger partial charge in [-0.15, -0.1) is 13.2 Å². The van der Waals surface area contributed by atoms with Crippen LogP contribution in [0.15, 0.2) is 29.8 Å². The normalized spacial score (nSPS) is 17.8. The van der Waals surface area contributed by atoms with E-state index in [0.717, 1.165) is 18.4 Å². The molecule has 0 aliphatic heterocycles. The minimum absolute atomic E-state index is 0.140. The largest absolute Gasteiger partial charge is 0.573 e. The molecule has 0 radical (unpaired) electrons. The van der Waals surface area contributed by atoms with E-state index in [9.17, 15) is 13.2 Å². The fraction of sp³-hybridized carbons (Fsp3) is 0.500. The van der Waals surface area contributed by atoms with Crippen LogP contribution in [0.1, 0.15) is 37.7 Å². The molecule has 1 aromatic carbocycles. The molecule has 0 bridgehead atoms. The van der Waals surface area contributed by atoms with E-state index in [0.29, 0.717) is 16.8 Å². The van der Waals surface area contributed by atoms with E-state index < -0.39 is 6.36 Å². The first kappa shape index (κ1) is 16.4. The average Bonchev–Trinajstić information content (AvgIpc) is 2.45. The molecule has 0 atom stereocenters. The van der Waals surface area contributed by atoms with Crippen molar-refractivity contribution in [2.75, 3.05) is 5.33 Å². The van der Waals surface area contributed by atoms with Crippen molar-refractivity contribution in [1.29, 1.82) is 0 Å². The number of rotatable bonds is 4. The first-order valence-electron chi connectivity index (χ1n) is 7.11. The standard InChI is InChI=1S/C16H18BrF3O/c17-11-14(12-6-2-1-3-7-12)10-13-8-4-5-9-15(13)21-16(18,19)20/h4-5,8-10,12H,1-3,6-7,11H2/b14-10-. The molecule has 116 valence electrons. The Balaban J connectivity index is 2.25. The molecule has 0 heterocycles. The molecule has 0 unspecified atom stereocenters. The van der Waals surface area contributed by atoms with Gasteiger partial charge in [-0.2, -0.15) is 0 Å². The summed E-state index contributed by atoms with van der Waals surface area (Å²) >= 11 is 3.46. The van der Waals surface area contributed by atoms with E-state index in [1.165, 1.54) is 25.3 Å². The molecule has 21 heavy (non-hydrogen) atoms. The van der Waals surface area contributed by atoms with Crippen molar-refractivity contribution in [1.82, 2.24) is 0 Å². The third kappa shape index (κ3) is 5.06. The Kier molecular flexibility index (Phi) is 5.73. The van der Waals surface area contributed by atoms with Gasteiger partial charge in [-0.3, -0.25) is 0 Å². The Labute approximate surface area is 131 Å². The van der Waals surface area contributed by atoms with Crippen LogP contribution < -0.4 is 4.74 Å². The summed E-state index contributed by atoms with van der Waals surface area (Å²) < 4.78 is 41.4. The number of ether oxygens (including phenoxy) is 1. The van der Waals surface area contributed by atoms with Crippen molar-refractivity contribution < 1.29 is 17.9 Å². The van der Waals surface area contributed by atoms with Crippen LogP contribution in [0.2, 0.25) is 0 Å². The number of allylic oxidation sites excluding steroid dienone is 1. The van der Waals surface area contributed by atoms with Crippen LogP contribution in [0.5, 0.6) is 5.75 Å². The molecule has 5 heteroatoms. The summed E-state index contributed by atoms with van der Waals surface area (Å²) in [5.41, 5.74) is 1.63. The first-order valence-corrected chi connectivity index (χ1v) is 8.23. The third-order valence-corrected chi connectivity index (χ3v) is 4.42. The topological polar surface area (TPSA) is 9.23 Å². The van der Waals surface area contributed by atoms with Gasteiger partial charge in [0.15, 0.2) is 0 Å². The van der Waals surface area contributed by atoms with E-state index in [2.05, 4.69) is 20.7 Å². The lowest BCUT2D eigenvalue weighted by Gasteiger charge is -2.24. The second-order valence-corrected chi connectivity index (χ2v) is 5.83. The average molecular weight is 363 g/mol.